The maximum Gasteiger partial charge on any atom is 0.297 e. The van der Waals surface area contributed by atoms with Gasteiger partial charge in [-0.25, -0.2) is 0 Å². The molecular weight excluding hydrogens is 338 g/mol. The molecule has 0 amide bonds. The van der Waals surface area contributed by atoms with Crippen molar-refractivity contribution in [1.82, 2.24) is 0 Å². The molecule has 5 nitrogen and oxygen atoms in total. The maximum absolute atomic E-state index is 12.8. The van der Waals surface area contributed by atoms with Gasteiger partial charge in [-0.1, -0.05) is 17.7 Å². The molecule has 4 saturated carbocycles. The van der Waals surface area contributed by atoms with Crippen LogP contribution in [0.25, 0.3) is 0 Å². The molecule has 6 bridgehead atoms. The Morgan fingerprint density at radius 2 is 1.88 bits per heavy atom. The predicted octanol–water partition coefficient (Wildman–Crippen LogP) is 2.12. The van der Waals surface area contributed by atoms with E-state index in [0.717, 1.165) is 12.0 Å². The monoisotopic (exact) mass is 357 g/mol. The van der Waals surface area contributed by atoms with Crippen molar-refractivity contribution in [3.63, 3.8) is 0 Å². The van der Waals surface area contributed by atoms with Gasteiger partial charge >= 0.3 is 0 Å². The van der Waals surface area contributed by atoms with Gasteiger partial charge in [-0.15, -0.1) is 0 Å². The van der Waals surface area contributed by atoms with E-state index in [1.165, 1.54) is 0 Å². The minimum atomic E-state index is -3.83. The van der Waals surface area contributed by atoms with Crippen LogP contribution in [-0.2, 0) is 19.0 Å². The Morgan fingerprint density at radius 3 is 2.60 bits per heavy atom. The summed E-state index contributed by atoms with van der Waals surface area (Å²) in [7, 11) is -3.83. The minimum Gasteiger partial charge on any atom is -0.374 e. The van der Waals surface area contributed by atoms with Crippen LogP contribution < -0.4 is 0 Å². The summed E-state index contributed by atoms with van der Waals surface area (Å²) in [5, 5.41) is 9.74. The fourth-order valence-corrected chi connectivity index (χ4v) is 8.21. The highest BCUT2D eigenvalue weighted by Crippen LogP contribution is 2.76. The van der Waals surface area contributed by atoms with Crippen molar-refractivity contribution in [2.24, 2.45) is 41.4 Å². The van der Waals surface area contributed by atoms with Gasteiger partial charge in [0.05, 0.1) is 35.2 Å². The Balaban J connectivity index is 1.39. The molecular formula is C19H19NO4S. The Morgan fingerprint density at radius 1 is 1.12 bits per heavy atom. The van der Waals surface area contributed by atoms with E-state index in [9.17, 15) is 13.7 Å². The molecule has 5 aliphatic rings. The summed E-state index contributed by atoms with van der Waals surface area (Å²) < 4.78 is 37.7. The van der Waals surface area contributed by atoms with E-state index < -0.39 is 16.2 Å². The van der Waals surface area contributed by atoms with E-state index in [4.69, 9.17) is 8.92 Å². The molecule has 4 aliphatic carbocycles. The second-order valence-electron chi connectivity index (χ2n) is 8.41. The first-order valence-corrected chi connectivity index (χ1v) is 10.5. The topological polar surface area (TPSA) is 76.4 Å². The standard InChI is InChI=1S/C19H19NO4S/c1-8-2-4-9(5-3-8)25(21,22)24-19-15-11(7-20)13-10-6-12-16(13)17(19)18(23-12)14(10)15/h2-5,10-19H,6H2,1H3. The molecule has 1 aliphatic heterocycles. The summed E-state index contributed by atoms with van der Waals surface area (Å²) in [6.45, 7) is 1.92. The molecule has 0 aromatic heterocycles. The van der Waals surface area contributed by atoms with Gasteiger partial charge in [-0.2, -0.15) is 13.7 Å². The highest BCUT2D eigenvalue weighted by molar-refractivity contribution is 7.86. The lowest BCUT2D eigenvalue weighted by atomic mass is 9.67. The average Bonchev–Trinajstić information content (AvgIpc) is 3.18. The smallest absolute Gasteiger partial charge is 0.297 e. The summed E-state index contributed by atoms with van der Waals surface area (Å²) in [6, 6.07) is 9.25. The average molecular weight is 357 g/mol. The first-order valence-electron chi connectivity index (χ1n) is 9.06. The Labute approximate surface area is 147 Å². The fraction of sp³-hybridized carbons (Fsp3) is 0.632. The number of hydrogen-bond donors (Lipinski definition) is 0. The van der Waals surface area contributed by atoms with Crippen molar-refractivity contribution >= 4 is 10.1 Å². The lowest BCUT2D eigenvalue weighted by Gasteiger charge is -2.38. The van der Waals surface area contributed by atoms with Crippen LogP contribution in [0.15, 0.2) is 29.2 Å². The quantitative estimate of drug-likeness (QED) is 0.775. The van der Waals surface area contributed by atoms with Crippen LogP contribution in [0.4, 0.5) is 0 Å². The van der Waals surface area contributed by atoms with Crippen molar-refractivity contribution in [2.45, 2.75) is 36.6 Å². The molecule has 1 heterocycles. The van der Waals surface area contributed by atoms with E-state index in [-0.39, 0.29) is 34.9 Å². The Bertz CT molecular complexity index is 904. The highest BCUT2D eigenvalue weighted by Gasteiger charge is 2.80. The van der Waals surface area contributed by atoms with E-state index in [1.54, 1.807) is 24.3 Å². The van der Waals surface area contributed by atoms with Gasteiger partial charge < -0.3 is 4.74 Å². The van der Waals surface area contributed by atoms with Gasteiger partial charge in [0, 0.05) is 11.8 Å². The molecule has 10 atom stereocenters. The van der Waals surface area contributed by atoms with Gasteiger partial charge in [0.25, 0.3) is 10.1 Å². The zero-order valence-corrected chi connectivity index (χ0v) is 14.6. The van der Waals surface area contributed by atoms with Gasteiger partial charge in [0.1, 0.15) is 0 Å². The number of benzene rings is 1. The second kappa shape index (κ2) is 4.46. The van der Waals surface area contributed by atoms with Crippen LogP contribution in [0.3, 0.4) is 0 Å². The van der Waals surface area contributed by atoms with E-state index in [0.29, 0.717) is 23.7 Å². The van der Waals surface area contributed by atoms with Crippen LogP contribution >= 0.6 is 0 Å². The molecule has 25 heavy (non-hydrogen) atoms. The van der Waals surface area contributed by atoms with Crippen molar-refractivity contribution in [3.8, 4) is 6.07 Å². The van der Waals surface area contributed by atoms with Gasteiger partial charge in [-0.05, 0) is 49.1 Å². The summed E-state index contributed by atoms with van der Waals surface area (Å²) in [6.07, 6.45) is 0.972. The Hall–Kier alpha value is -1.42. The molecule has 1 aromatic rings. The van der Waals surface area contributed by atoms with Crippen molar-refractivity contribution < 1.29 is 17.3 Å². The summed E-state index contributed by atoms with van der Waals surface area (Å²) in [4.78, 5) is 0.197. The summed E-state index contributed by atoms with van der Waals surface area (Å²) in [5.41, 5.74) is 1.01. The minimum absolute atomic E-state index is 0.00715. The van der Waals surface area contributed by atoms with Crippen LogP contribution in [-0.4, -0.2) is 26.7 Å². The molecule has 1 saturated heterocycles. The number of nitrogens with zero attached hydrogens (tertiary/aromatic N) is 1. The number of ether oxygens (including phenoxy) is 1. The largest absolute Gasteiger partial charge is 0.374 e. The fourth-order valence-electron chi connectivity index (χ4n) is 7.08. The lowest BCUT2D eigenvalue weighted by molar-refractivity contribution is -0.0439. The first kappa shape index (κ1) is 14.7. The first-order chi connectivity index (χ1) is 12.0. The van der Waals surface area contributed by atoms with Gasteiger partial charge in [0.15, 0.2) is 0 Å². The zero-order chi connectivity index (χ0) is 17.1. The van der Waals surface area contributed by atoms with Gasteiger partial charge in [0.2, 0.25) is 0 Å². The number of nitriles is 1. The van der Waals surface area contributed by atoms with Gasteiger partial charge in [-0.3, -0.25) is 4.18 Å². The lowest BCUT2D eigenvalue weighted by Crippen LogP contribution is -2.44. The molecule has 5 fully saturated rings. The summed E-state index contributed by atoms with van der Waals surface area (Å²) in [5.74, 6) is 1.64. The molecule has 6 heteroatoms. The van der Waals surface area contributed by atoms with E-state index >= 15 is 0 Å². The SMILES string of the molecule is Cc1ccc(S(=O)(=O)OC2C3C(C#N)C4C5CC6OC(C53)C2C64)cc1. The predicted molar refractivity (Wildman–Crippen MR) is 86.6 cm³/mol. The maximum atomic E-state index is 12.8. The third kappa shape index (κ3) is 1.59. The zero-order valence-electron chi connectivity index (χ0n) is 13.8. The second-order valence-corrected chi connectivity index (χ2v) is 9.98. The molecule has 130 valence electrons. The van der Waals surface area contributed by atoms with E-state index in [2.05, 4.69) is 6.07 Å². The molecule has 6 rings (SSSR count). The number of rotatable bonds is 3. The van der Waals surface area contributed by atoms with Crippen LogP contribution in [0.5, 0.6) is 0 Å². The number of aryl methyl sites for hydroxylation is 1. The van der Waals surface area contributed by atoms with Crippen LogP contribution in [0, 0.1) is 59.7 Å². The van der Waals surface area contributed by atoms with Crippen LogP contribution in [0.1, 0.15) is 12.0 Å². The normalized spacial score (nSPS) is 50.7. The third-order valence-electron chi connectivity index (χ3n) is 7.63. The summed E-state index contributed by atoms with van der Waals surface area (Å²) >= 11 is 0. The molecule has 1 aromatic carbocycles. The van der Waals surface area contributed by atoms with Crippen molar-refractivity contribution in [2.75, 3.05) is 0 Å². The van der Waals surface area contributed by atoms with Crippen molar-refractivity contribution in [1.29, 1.82) is 5.26 Å². The van der Waals surface area contributed by atoms with Crippen molar-refractivity contribution in [3.05, 3.63) is 29.8 Å². The molecule has 0 radical (unpaired) electrons. The Kier molecular flexibility index (Phi) is 2.62. The van der Waals surface area contributed by atoms with Crippen LogP contribution in [0.2, 0.25) is 0 Å². The molecule has 10 unspecified atom stereocenters. The number of hydrogen-bond acceptors (Lipinski definition) is 5. The highest BCUT2D eigenvalue weighted by atomic mass is 32.2. The molecule has 0 spiro atoms. The third-order valence-corrected chi connectivity index (χ3v) is 8.96. The molecule has 0 N–H and O–H groups in total. The van der Waals surface area contributed by atoms with E-state index in [1.807, 2.05) is 6.92 Å².